The number of nitrogens with one attached hydrogen (secondary N) is 2. The van der Waals surface area contributed by atoms with Gasteiger partial charge in [-0.3, -0.25) is 14.4 Å². The number of carbonyl (C=O) groups excluding carboxylic acids is 3. The number of ether oxygens (including phenoxy) is 2. The Morgan fingerprint density at radius 1 is 1.23 bits per heavy atom. The minimum atomic E-state index is -0.496. The van der Waals surface area contributed by atoms with E-state index in [9.17, 15) is 14.4 Å². The van der Waals surface area contributed by atoms with Crippen LogP contribution in [-0.4, -0.2) is 43.1 Å². The smallest absolute Gasteiger partial charge is 0.259 e. The number of carbonyl (C=O) groups is 3. The van der Waals surface area contributed by atoms with Gasteiger partial charge < -0.3 is 14.8 Å². The predicted octanol–water partition coefficient (Wildman–Crippen LogP) is 2.74. The van der Waals surface area contributed by atoms with Crippen LogP contribution in [0.15, 0.2) is 41.2 Å². The van der Waals surface area contributed by atoms with Crippen LogP contribution in [0.25, 0.3) is 0 Å². The third-order valence-electron chi connectivity index (χ3n) is 5.38. The summed E-state index contributed by atoms with van der Waals surface area (Å²) in [5.41, 5.74) is 3.08. The molecule has 2 N–H and O–H groups in total. The van der Waals surface area contributed by atoms with Crippen molar-refractivity contribution in [3.05, 3.63) is 41.7 Å². The molecule has 166 valence electrons. The van der Waals surface area contributed by atoms with E-state index in [1.54, 1.807) is 24.3 Å². The fourth-order valence-corrected chi connectivity index (χ4v) is 3.60. The number of fused-ring (bicyclic) bond motifs is 1. The highest BCUT2D eigenvalue weighted by atomic mass is 16.5. The van der Waals surface area contributed by atoms with Gasteiger partial charge in [-0.15, -0.1) is 0 Å². The Balaban J connectivity index is 1.41. The molecule has 2 unspecified atom stereocenters. The van der Waals surface area contributed by atoms with Crippen molar-refractivity contribution in [3.8, 4) is 5.75 Å². The molecule has 0 saturated heterocycles. The lowest BCUT2D eigenvalue weighted by atomic mass is 9.80. The summed E-state index contributed by atoms with van der Waals surface area (Å²) in [7, 11) is 0. The second-order valence-electron chi connectivity index (χ2n) is 7.71. The fourth-order valence-electron chi connectivity index (χ4n) is 3.60. The van der Waals surface area contributed by atoms with Crippen molar-refractivity contribution < 1.29 is 23.9 Å². The number of amides is 2. The number of hydrogen-bond acceptors (Lipinski definition) is 6. The maximum absolute atomic E-state index is 12.5. The van der Waals surface area contributed by atoms with Crippen molar-refractivity contribution in [1.29, 1.82) is 0 Å². The Morgan fingerprint density at radius 2 is 2.00 bits per heavy atom. The molecule has 1 aliphatic carbocycles. The fraction of sp³-hybridized carbons (Fsp3) is 0.478. The molecule has 0 bridgehead atoms. The highest BCUT2D eigenvalue weighted by Crippen LogP contribution is 2.32. The molecule has 2 amide bonds. The third kappa shape index (κ3) is 6.41. The molecule has 1 heterocycles. The van der Waals surface area contributed by atoms with Crippen LogP contribution in [-0.2, 0) is 14.3 Å². The summed E-state index contributed by atoms with van der Waals surface area (Å²) in [5, 5.41) is 6.35. The van der Waals surface area contributed by atoms with Crippen LogP contribution in [0.4, 0.5) is 0 Å². The number of hydrazone groups is 1. The molecule has 0 spiro atoms. The quantitative estimate of drug-likeness (QED) is 0.358. The second kappa shape index (κ2) is 11.3. The minimum Gasteiger partial charge on any atom is -0.496 e. The van der Waals surface area contributed by atoms with Crippen LogP contribution in [0.5, 0.6) is 5.75 Å². The Bertz CT molecular complexity index is 847. The summed E-state index contributed by atoms with van der Waals surface area (Å²) < 4.78 is 11.2. The summed E-state index contributed by atoms with van der Waals surface area (Å²) >= 11 is 0. The van der Waals surface area contributed by atoms with Crippen LogP contribution in [0.3, 0.4) is 0 Å². The first-order valence-corrected chi connectivity index (χ1v) is 10.8. The molecule has 1 aromatic carbocycles. The maximum atomic E-state index is 12.5. The minimum absolute atomic E-state index is 0.00405. The van der Waals surface area contributed by atoms with Gasteiger partial charge in [0.25, 0.3) is 11.8 Å². The van der Waals surface area contributed by atoms with Crippen molar-refractivity contribution >= 4 is 23.8 Å². The van der Waals surface area contributed by atoms with Gasteiger partial charge in [0.2, 0.25) is 0 Å². The van der Waals surface area contributed by atoms with E-state index in [0.717, 1.165) is 38.5 Å². The van der Waals surface area contributed by atoms with Crippen molar-refractivity contribution in [2.75, 3.05) is 13.2 Å². The van der Waals surface area contributed by atoms with Gasteiger partial charge in [-0.1, -0.05) is 19.8 Å². The zero-order valence-corrected chi connectivity index (χ0v) is 17.8. The van der Waals surface area contributed by atoms with Gasteiger partial charge in [0.05, 0.1) is 37.1 Å². The van der Waals surface area contributed by atoms with Crippen LogP contribution in [0, 0.1) is 5.92 Å². The molecule has 1 fully saturated rings. The van der Waals surface area contributed by atoms with E-state index in [4.69, 9.17) is 9.47 Å². The normalized spacial score (nSPS) is 20.4. The van der Waals surface area contributed by atoms with E-state index in [2.05, 4.69) is 22.8 Å². The zero-order chi connectivity index (χ0) is 22.1. The first kappa shape index (κ1) is 22.5. The van der Waals surface area contributed by atoms with Gasteiger partial charge in [0.1, 0.15) is 11.9 Å². The Hall–Kier alpha value is -3.16. The molecule has 1 saturated carbocycles. The van der Waals surface area contributed by atoms with Gasteiger partial charge in [0, 0.05) is 5.56 Å². The van der Waals surface area contributed by atoms with Crippen LogP contribution < -0.4 is 15.5 Å². The van der Waals surface area contributed by atoms with E-state index < -0.39 is 5.91 Å². The highest BCUT2D eigenvalue weighted by Gasteiger charge is 2.36. The lowest BCUT2D eigenvalue weighted by molar-refractivity contribution is -0.126. The van der Waals surface area contributed by atoms with Gasteiger partial charge in [0.15, 0.2) is 5.78 Å². The SMILES string of the molecule is CCCCOc1ccc(C(=O)NCC(=O)N/N=C/C2=COC3CCCCC3C2=O)cc1. The molecule has 2 aliphatic rings. The number of hydrogen-bond donors (Lipinski definition) is 2. The molecule has 3 rings (SSSR count). The molecule has 0 aromatic heterocycles. The van der Waals surface area contributed by atoms with Crippen LogP contribution >= 0.6 is 0 Å². The molecule has 0 radical (unpaired) electrons. The number of ketones is 1. The summed E-state index contributed by atoms with van der Waals surface area (Å²) in [6.45, 7) is 2.49. The average Bonchev–Trinajstić information content (AvgIpc) is 2.80. The van der Waals surface area contributed by atoms with Gasteiger partial charge in [-0.2, -0.15) is 5.10 Å². The van der Waals surface area contributed by atoms with Crippen molar-refractivity contribution in [2.24, 2.45) is 11.0 Å². The summed E-state index contributed by atoms with van der Waals surface area (Å²) in [5.74, 6) is -0.291. The standard InChI is InChI=1S/C23H29N3O5/c1-2-3-12-30-18-10-8-16(9-11-18)23(29)24-14-21(27)26-25-13-17-15-31-20-7-5-4-6-19(20)22(17)28/h8-11,13,15,19-20H,2-7,12,14H2,1H3,(H,24,29)(H,26,27)/b25-13+. The number of allylic oxidation sites excluding steroid dienone is 1. The van der Waals surface area contributed by atoms with Crippen LogP contribution in [0.1, 0.15) is 55.8 Å². The molecule has 8 heteroatoms. The Morgan fingerprint density at radius 3 is 2.77 bits per heavy atom. The van der Waals surface area contributed by atoms with E-state index >= 15 is 0 Å². The van der Waals surface area contributed by atoms with Gasteiger partial charge in [-0.25, -0.2) is 5.43 Å². The third-order valence-corrected chi connectivity index (χ3v) is 5.38. The Kier molecular flexibility index (Phi) is 8.20. The highest BCUT2D eigenvalue weighted by molar-refractivity contribution is 6.14. The molecular formula is C23H29N3O5. The summed E-state index contributed by atoms with van der Waals surface area (Å²) in [6, 6.07) is 6.74. The second-order valence-corrected chi connectivity index (χ2v) is 7.71. The average molecular weight is 428 g/mol. The maximum Gasteiger partial charge on any atom is 0.259 e. The number of rotatable bonds is 9. The monoisotopic (exact) mass is 427 g/mol. The van der Waals surface area contributed by atoms with E-state index in [-0.39, 0.29) is 30.3 Å². The molecular weight excluding hydrogens is 398 g/mol. The van der Waals surface area contributed by atoms with E-state index in [0.29, 0.717) is 23.5 Å². The number of benzene rings is 1. The first-order valence-electron chi connectivity index (χ1n) is 10.8. The molecule has 1 aliphatic heterocycles. The lowest BCUT2D eigenvalue weighted by Crippen LogP contribution is -2.37. The van der Waals surface area contributed by atoms with Crippen LogP contribution in [0.2, 0.25) is 0 Å². The number of Topliss-reactive ketones (excluding diaryl/α,β-unsaturated/α-hetero) is 1. The summed E-state index contributed by atoms with van der Waals surface area (Å²) in [6.07, 6.45) is 8.50. The zero-order valence-electron chi connectivity index (χ0n) is 17.8. The largest absolute Gasteiger partial charge is 0.496 e. The lowest BCUT2D eigenvalue weighted by Gasteiger charge is -2.33. The molecule has 1 aromatic rings. The molecule has 8 nitrogen and oxygen atoms in total. The summed E-state index contributed by atoms with van der Waals surface area (Å²) in [4.78, 5) is 36.6. The molecule has 31 heavy (non-hydrogen) atoms. The van der Waals surface area contributed by atoms with Crippen molar-refractivity contribution in [3.63, 3.8) is 0 Å². The number of unbranched alkanes of at least 4 members (excludes halogenated alkanes) is 1. The van der Waals surface area contributed by atoms with Crippen molar-refractivity contribution in [2.45, 2.75) is 51.6 Å². The number of nitrogens with zero attached hydrogens (tertiary/aromatic N) is 1. The topological polar surface area (TPSA) is 106 Å². The van der Waals surface area contributed by atoms with E-state index in [1.165, 1.54) is 12.5 Å². The first-order chi connectivity index (χ1) is 15.1. The van der Waals surface area contributed by atoms with Gasteiger partial charge >= 0.3 is 0 Å². The predicted molar refractivity (Wildman–Crippen MR) is 116 cm³/mol. The Labute approximate surface area is 182 Å². The van der Waals surface area contributed by atoms with Gasteiger partial charge in [-0.05, 0) is 49.9 Å². The molecule has 2 atom stereocenters. The van der Waals surface area contributed by atoms with Crippen molar-refractivity contribution in [1.82, 2.24) is 10.7 Å². The van der Waals surface area contributed by atoms with E-state index in [1.807, 2.05) is 0 Å².